The molecule has 16 heteroatoms. The minimum Gasteiger partial charge on any atom is -0.431 e. The zero-order chi connectivity index (χ0) is 37.4. The van der Waals surface area contributed by atoms with Crippen molar-refractivity contribution >= 4 is 6.21 Å². The van der Waals surface area contributed by atoms with Gasteiger partial charge in [0.2, 0.25) is 0 Å². The highest BCUT2D eigenvalue weighted by molar-refractivity contribution is 5.69. The van der Waals surface area contributed by atoms with Crippen LogP contribution in [0.4, 0.5) is 0 Å². The summed E-state index contributed by atoms with van der Waals surface area (Å²) >= 11 is 0. The Morgan fingerprint density at radius 3 is 2.27 bits per heavy atom. The Hall–Kier alpha value is -2.06. The highest BCUT2D eigenvalue weighted by Gasteiger charge is 2.71. The van der Waals surface area contributed by atoms with E-state index in [1.165, 1.54) is 18.5 Å². The van der Waals surface area contributed by atoms with Crippen molar-refractivity contribution in [2.24, 2.45) is 27.8 Å². The summed E-state index contributed by atoms with van der Waals surface area (Å²) in [7, 11) is 0. The van der Waals surface area contributed by atoms with Gasteiger partial charge in [-0.3, -0.25) is 0 Å². The van der Waals surface area contributed by atoms with Crippen LogP contribution >= 0.6 is 0 Å². The Kier molecular flexibility index (Phi) is 10.2. The maximum atomic E-state index is 12.6. The maximum absolute atomic E-state index is 12.6. The highest BCUT2D eigenvalue weighted by Crippen LogP contribution is 2.71. The van der Waals surface area contributed by atoms with Crippen LogP contribution in [0.2, 0.25) is 0 Å². The van der Waals surface area contributed by atoms with Crippen LogP contribution < -0.4 is 5.63 Å². The molecule has 16 nitrogen and oxygen atoms in total. The Morgan fingerprint density at radius 1 is 0.865 bits per heavy atom. The average Bonchev–Trinajstić information content (AvgIpc) is 3.40. The molecule has 6 fully saturated rings. The highest BCUT2D eigenvalue weighted by atomic mass is 16.7. The summed E-state index contributed by atoms with van der Waals surface area (Å²) < 4.78 is 28.5. The van der Waals surface area contributed by atoms with Crippen molar-refractivity contribution < 1.29 is 69.4 Å². The lowest BCUT2D eigenvalue weighted by Gasteiger charge is -2.65. The van der Waals surface area contributed by atoms with Crippen molar-refractivity contribution in [2.45, 2.75) is 156 Å². The standard InChI is InChI=1S/C36H53NO15/c1-17-30(52-32-28(43)26(41)25(40)23(14-38)51-32)27(42)29(44)31(49-17)50-19-5-10-34(16-37-47)21-6-9-33(2)20(18-3-4-24(39)48-15-18)8-12-36(33,46)22(21)7-11-35(34,45)13-19/h3-4,15-17,19-23,25-32,38,40-47H,5-14H2,1-2H3/b37-16+/t17-,19-,20+,21-,22+,23+,25+,26-,27-,28+,29+,30-,31-,32-,33+,34-,35-,36-/m0/s1. The third kappa shape index (κ3) is 5.80. The predicted molar refractivity (Wildman–Crippen MR) is 177 cm³/mol. The molecular weight excluding hydrogens is 686 g/mol. The molecule has 52 heavy (non-hydrogen) atoms. The Bertz CT molecular complexity index is 1510. The molecule has 0 aromatic carbocycles. The summed E-state index contributed by atoms with van der Waals surface area (Å²) in [5.41, 5.74) is -3.47. The molecule has 0 bridgehead atoms. The van der Waals surface area contributed by atoms with Crippen molar-refractivity contribution in [2.75, 3.05) is 6.61 Å². The Labute approximate surface area is 300 Å². The van der Waals surface area contributed by atoms with Gasteiger partial charge in [0.15, 0.2) is 12.6 Å². The average molecular weight is 740 g/mol. The van der Waals surface area contributed by atoms with Crippen LogP contribution in [0.3, 0.4) is 0 Å². The molecule has 9 N–H and O–H groups in total. The van der Waals surface area contributed by atoms with E-state index in [1.54, 1.807) is 13.0 Å². The molecule has 2 aliphatic heterocycles. The minimum atomic E-state index is -1.72. The maximum Gasteiger partial charge on any atom is 0.335 e. The fourth-order valence-corrected chi connectivity index (χ4v) is 11.3. The second-order valence-electron chi connectivity index (χ2n) is 16.4. The summed E-state index contributed by atoms with van der Waals surface area (Å²) in [6.45, 7) is 3.00. The van der Waals surface area contributed by atoms with E-state index in [1.807, 2.05) is 0 Å². The lowest BCUT2D eigenvalue weighted by molar-refractivity contribution is -0.361. The van der Waals surface area contributed by atoms with Crippen LogP contribution in [0.5, 0.6) is 0 Å². The van der Waals surface area contributed by atoms with Gasteiger partial charge in [0.05, 0.1) is 42.5 Å². The molecule has 7 rings (SSSR count). The number of oxime groups is 1. The molecular formula is C36H53NO15. The summed E-state index contributed by atoms with van der Waals surface area (Å²) in [6.07, 6.45) is -7.92. The van der Waals surface area contributed by atoms with Gasteiger partial charge < -0.3 is 69.4 Å². The number of nitrogens with zero attached hydrogens (tertiary/aromatic N) is 1. The van der Waals surface area contributed by atoms with Crippen LogP contribution in [0.25, 0.3) is 0 Å². The van der Waals surface area contributed by atoms with E-state index >= 15 is 0 Å². The third-order valence-corrected chi connectivity index (χ3v) is 14.1. The molecule has 0 amide bonds. The van der Waals surface area contributed by atoms with E-state index < -0.39 is 102 Å². The summed E-state index contributed by atoms with van der Waals surface area (Å²) in [4.78, 5) is 11.7. The molecule has 3 heterocycles. The molecule has 4 aliphatic carbocycles. The van der Waals surface area contributed by atoms with E-state index in [4.69, 9.17) is 23.4 Å². The second kappa shape index (κ2) is 13.9. The smallest absolute Gasteiger partial charge is 0.335 e. The number of ether oxygens (including phenoxy) is 4. The number of fused-ring (bicyclic) bond motifs is 5. The zero-order valence-electron chi connectivity index (χ0n) is 29.4. The van der Waals surface area contributed by atoms with Crippen LogP contribution in [0, 0.1) is 22.7 Å². The van der Waals surface area contributed by atoms with E-state index in [9.17, 15) is 50.9 Å². The first-order chi connectivity index (χ1) is 24.6. The summed E-state index contributed by atoms with van der Waals surface area (Å²) in [5.74, 6) is -0.410. The quantitative estimate of drug-likeness (QED) is 0.0737. The van der Waals surface area contributed by atoms with Gasteiger partial charge in [0.1, 0.15) is 42.7 Å². The monoisotopic (exact) mass is 739 g/mol. The van der Waals surface area contributed by atoms with Crippen molar-refractivity contribution in [3.8, 4) is 0 Å². The van der Waals surface area contributed by atoms with Gasteiger partial charge in [0, 0.05) is 23.3 Å². The lowest BCUT2D eigenvalue weighted by Crippen LogP contribution is -2.69. The van der Waals surface area contributed by atoms with Gasteiger partial charge in [0.25, 0.3) is 0 Å². The minimum absolute atomic E-state index is 0.0166. The van der Waals surface area contributed by atoms with Crippen molar-refractivity contribution in [3.05, 3.63) is 34.4 Å². The topological polar surface area (TPSA) is 262 Å². The SMILES string of the molecule is C[C@@H]1O[C@@H](O[C@H]2CC[C@]3(/C=N/O)[C@H]4CC[C@]5(C)[C@@H](c6ccc(=O)oc6)CC[C@]5(O)[C@@H]4CC[C@]3(O)C2)[C@H](O)[C@H](O)[C@H]1O[C@@H]1O[C@H](CO)[C@@H](O)[C@H](O)[C@H]1O. The molecule has 18 atom stereocenters. The molecule has 0 unspecified atom stereocenters. The Balaban J connectivity index is 1.04. The molecule has 0 spiro atoms. The molecule has 0 radical (unpaired) electrons. The lowest BCUT2D eigenvalue weighted by atomic mass is 9.41. The first kappa shape index (κ1) is 38.2. The van der Waals surface area contributed by atoms with Gasteiger partial charge in [-0.25, -0.2) is 4.79 Å². The van der Waals surface area contributed by atoms with Crippen LogP contribution in [0.1, 0.15) is 83.1 Å². The number of aliphatic hydroxyl groups is 8. The van der Waals surface area contributed by atoms with Gasteiger partial charge in [-0.2, -0.15) is 0 Å². The number of rotatable bonds is 7. The molecule has 2 saturated heterocycles. The molecule has 6 aliphatic rings. The second-order valence-corrected chi connectivity index (χ2v) is 16.4. The van der Waals surface area contributed by atoms with Gasteiger partial charge in [-0.1, -0.05) is 6.92 Å². The van der Waals surface area contributed by atoms with E-state index in [0.29, 0.717) is 51.4 Å². The van der Waals surface area contributed by atoms with E-state index in [-0.39, 0.29) is 24.2 Å². The first-order valence-corrected chi connectivity index (χ1v) is 18.5. The van der Waals surface area contributed by atoms with Crippen molar-refractivity contribution in [1.29, 1.82) is 0 Å². The predicted octanol–water partition coefficient (Wildman–Crippen LogP) is -0.527. The van der Waals surface area contributed by atoms with Crippen LogP contribution in [-0.2, 0) is 18.9 Å². The van der Waals surface area contributed by atoms with E-state index in [0.717, 1.165) is 5.56 Å². The normalized spacial score (nSPS) is 52.2. The van der Waals surface area contributed by atoms with Gasteiger partial charge >= 0.3 is 5.63 Å². The first-order valence-electron chi connectivity index (χ1n) is 18.5. The molecule has 1 aromatic rings. The zero-order valence-corrected chi connectivity index (χ0v) is 29.4. The largest absolute Gasteiger partial charge is 0.431 e. The van der Waals surface area contributed by atoms with Crippen molar-refractivity contribution in [1.82, 2.24) is 0 Å². The Morgan fingerprint density at radius 2 is 1.58 bits per heavy atom. The fourth-order valence-electron chi connectivity index (χ4n) is 11.3. The van der Waals surface area contributed by atoms with Crippen molar-refractivity contribution in [3.63, 3.8) is 0 Å². The molecule has 1 aromatic heterocycles. The number of hydrogen-bond donors (Lipinski definition) is 9. The van der Waals surface area contributed by atoms with Gasteiger partial charge in [-0.15, -0.1) is 5.16 Å². The summed E-state index contributed by atoms with van der Waals surface area (Å²) in [5, 5.41) is 101. The molecule has 4 saturated carbocycles. The van der Waals surface area contributed by atoms with E-state index in [2.05, 4.69) is 12.1 Å². The van der Waals surface area contributed by atoms with Crippen LogP contribution in [0.15, 0.2) is 32.8 Å². The van der Waals surface area contributed by atoms with Crippen LogP contribution in [-0.4, -0.2) is 138 Å². The third-order valence-electron chi connectivity index (χ3n) is 14.1. The number of aliphatic hydroxyl groups excluding tert-OH is 6. The molecule has 292 valence electrons. The van der Waals surface area contributed by atoms with Gasteiger partial charge in [-0.05, 0) is 87.7 Å². The number of hydrogen-bond acceptors (Lipinski definition) is 16. The summed E-state index contributed by atoms with van der Waals surface area (Å²) in [6, 6.07) is 3.19. The fraction of sp³-hybridized carbons (Fsp3) is 0.833.